The molecule has 6 nitrogen and oxygen atoms in total. The van der Waals surface area contributed by atoms with Crippen LogP contribution in [0.15, 0.2) is 83.9 Å². The number of thiazole rings is 1. The van der Waals surface area contributed by atoms with Gasteiger partial charge >= 0.3 is 5.97 Å². The fraction of sp³-hybridized carbons (Fsp3) is 0.0714. The van der Waals surface area contributed by atoms with Crippen LogP contribution in [0.5, 0.6) is 0 Å². The molecular weight excluding hydrogens is 458 g/mol. The molecule has 0 aliphatic carbocycles. The summed E-state index contributed by atoms with van der Waals surface area (Å²) >= 11 is 1.29. The van der Waals surface area contributed by atoms with Crippen LogP contribution in [0, 0.1) is 12.3 Å². The third-order valence-corrected chi connectivity index (χ3v) is 6.61. The van der Waals surface area contributed by atoms with Gasteiger partial charge in [0, 0.05) is 10.9 Å². The van der Waals surface area contributed by atoms with Crippen molar-refractivity contribution in [2.45, 2.75) is 6.54 Å². The van der Waals surface area contributed by atoms with E-state index in [4.69, 9.17) is 16.1 Å². The highest BCUT2D eigenvalue weighted by molar-refractivity contribution is 7.16. The Bertz CT molecular complexity index is 1710. The monoisotopic (exact) mass is 477 g/mol. The van der Waals surface area contributed by atoms with Crippen LogP contribution in [-0.2, 0) is 11.3 Å². The van der Waals surface area contributed by atoms with E-state index >= 15 is 0 Å². The standard InChI is InChI=1S/C28H19N3O3S/c1-3-15-31-24-14-13-19(27(33)34-2)16-25(24)35-28(31)30-26(32)21-17-23(18-9-5-4-6-10-18)29-22-12-8-7-11-20(21)22/h1,4-14,16-17H,15H2,2H3. The fourth-order valence-electron chi connectivity index (χ4n) is 3.90. The summed E-state index contributed by atoms with van der Waals surface area (Å²) in [5, 5.41) is 0.721. The second kappa shape index (κ2) is 9.37. The number of carbonyl (C=O) groups excluding carboxylic acids is 2. The number of hydrogen-bond donors (Lipinski definition) is 0. The molecule has 170 valence electrons. The zero-order chi connectivity index (χ0) is 24.4. The normalized spacial score (nSPS) is 11.5. The largest absolute Gasteiger partial charge is 0.465 e. The first-order chi connectivity index (χ1) is 17.1. The van der Waals surface area contributed by atoms with Crippen molar-refractivity contribution in [1.82, 2.24) is 9.55 Å². The molecule has 35 heavy (non-hydrogen) atoms. The molecule has 5 aromatic rings. The van der Waals surface area contributed by atoms with Gasteiger partial charge in [0.05, 0.1) is 46.2 Å². The number of esters is 1. The average molecular weight is 478 g/mol. The van der Waals surface area contributed by atoms with Gasteiger partial charge in [0.2, 0.25) is 0 Å². The SMILES string of the molecule is C#CCn1c(=NC(=O)c2cc(-c3ccccc3)nc3ccccc23)sc2cc(C(=O)OC)ccc21. The lowest BCUT2D eigenvalue weighted by Gasteiger charge is -2.07. The lowest BCUT2D eigenvalue weighted by Crippen LogP contribution is -2.16. The maximum Gasteiger partial charge on any atom is 0.337 e. The molecule has 0 saturated carbocycles. The molecule has 7 heteroatoms. The Morgan fingerprint density at radius 3 is 2.60 bits per heavy atom. The molecule has 2 aromatic heterocycles. The molecule has 0 N–H and O–H groups in total. The molecule has 3 aromatic carbocycles. The molecular formula is C28H19N3O3S. The van der Waals surface area contributed by atoms with Gasteiger partial charge in [-0.2, -0.15) is 4.99 Å². The number of hydrogen-bond acceptors (Lipinski definition) is 5. The van der Waals surface area contributed by atoms with Crippen LogP contribution in [0.2, 0.25) is 0 Å². The molecule has 0 radical (unpaired) electrons. The number of fused-ring (bicyclic) bond motifs is 2. The molecule has 0 atom stereocenters. The summed E-state index contributed by atoms with van der Waals surface area (Å²) in [6, 6.07) is 24.2. The Balaban J connectivity index is 1.69. The fourth-order valence-corrected chi connectivity index (χ4v) is 4.97. The lowest BCUT2D eigenvalue weighted by atomic mass is 10.0. The number of ether oxygens (including phenoxy) is 1. The number of methoxy groups -OCH3 is 1. The number of terminal acetylenes is 1. The van der Waals surface area contributed by atoms with Gasteiger partial charge in [-0.1, -0.05) is 65.8 Å². The Morgan fingerprint density at radius 2 is 1.83 bits per heavy atom. The van der Waals surface area contributed by atoms with Crippen LogP contribution in [0.1, 0.15) is 20.7 Å². The van der Waals surface area contributed by atoms with Gasteiger partial charge in [-0.15, -0.1) is 6.42 Å². The van der Waals surface area contributed by atoms with E-state index in [2.05, 4.69) is 10.9 Å². The number of para-hydroxylation sites is 1. The van der Waals surface area contributed by atoms with Crippen LogP contribution in [0.3, 0.4) is 0 Å². The Morgan fingerprint density at radius 1 is 1.06 bits per heavy atom. The summed E-state index contributed by atoms with van der Waals surface area (Å²) < 4.78 is 7.39. The van der Waals surface area contributed by atoms with Crippen molar-refractivity contribution in [1.29, 1.82) is 0 Å². The highest BCUT2D eigenvalue weighted by atomic mass is 32.1. The van der Waals surface area contributed by atoms with Gasteiger partial charge in [0.15, 0.2) is 4.80 Å². The molecule has 0 saturated heterocycles. The predicted octanol–water partition coefficient (Wildman–Crippen LogP) is 5.08. The third-order valence-electron chi connectivity index (χ3n) is 5.57. The van der Waals surface area contributed by atoms with Crippen molar-refractivity contribution >= 4 is 44.3 Å². The average Bonchev–Trinajstić information content (AvgIpc) is 3.24. The van der Waals surface area contributed by atoms with Crippen LogP contribution in [0.25, 0.3) is 32.4 Å². The molecule has 0 fully saturated rings. The minimum Gasteiger partial charge on any atom is -0.465 e. The Kier molecular flexibility index (Phi) is 5.96. The van der Waals surface area contributed by atoms with E-state index in [0.717, 1.165) is 21.2 Å². The molecule has 0 aliphatic heterocycles. The first kappa shape index (κ1) is 22.3. The second-order valence-corrected chi connectivity index (χ2v) is 8.71. The van der Waals surface area contributed by atoms with Crippen LogP contribution < -0.4 is 4.80 Å². The summed E-state index contributed by atoms with van der Waals surface area (Å²) in [5.74, 6) is 1.79. The number of aromatic nitrogens is 2. The maximum absolute atomic E-state index is 13.5. The van der Waals surface area contributed by atoms with E-state index in [1.54, 1.807) is 28.8 Å². The number of carbonyl (C=O) groups is 2. The van der Waals surface area contributed by atoms with Crippen molar-refractivity contribution in [2.24, 2.45) is 4.99 Å². The van der Waals surface area contributed by atoms with Crippen molar-refractivity contribution in [2.75, 3.05) is 7.11 Å². The van der Waals surface area contributed by atoms with Crippen molar-refractivity contribution < 1.29 is 14.3 Å². The minimum atomic E-state index is -0.435. The number of benzene rings is 3. The summed E-state index contributed by atoms with van der Waals surface area (Å²) in [4.78, 5) is 35.2. The van der Waals surface area contributed by atoms with Crippen LogP contribution in [0.4, 0.5) is 0 Å². The van der Waals surface area contributed by atoms with E-state index < -0.39 is 11.9 Å². The quantitative estimate of drug-likeness (QED) is 0.267. The van der Waals surface area contributed by atoms with Crippen molar-refractivity contribution in [3.8, 4) is 23.6 Å². The highest BCUT2D eigenvalue weighted by Crippen LogP contribution is 2.26. The molecule has 0 aliphatic rings. The molecule has 5 rings (SSSR count). The number of amides is 1. The van der Waals surface area contributed by atoms with E-state index in [1.165, 1.54) is 18.4 Å². The maximum atomic E-state index is 13.5. The highest BCUT2D eigenvalue weighted by Gasteiger charge is 2.16. The molecule has 0 spiro atoms. The van der Waals surface area contributed by atoms with Crippen LogP contribution >= 0.6 is 11.3 Å². The smallest absolute Gasteiger partial charge is 0.337 e. The van der Waals surface area contributed by atoms with Gasteiger partial charge < -0.3 is 9.30 Å². The summed E-state index contributed by atoms with van der Waals surface area (Å²) in [7, 11) is 1.33. The number of rotatable bonds is 4. The van der Waals surface area contributed by atoms with Crippen molar-refractivity contribution in [3.05, 3.63) is 94.8 Å². The number of pyridine rings is 1. The lowest BCUT2D eigenvalue weighted by molar-refractivity contribution is 0.0600. The summed E-state index contributed by atoms with van der Waals surface area (Å²) in [6.07, 6.45) is 5.60. The number of nitrogens with zero attached hydrogens (tertiary/aromatic N) is 3. The van der Waals surface area contributed by atoms with Gasteiger partial charge in [-0.25, -0.2) is 9.78 Å². The zero-order valence-corrected chi connectivity index (χ0v) is 19.6. The van der Waals surface area contributed by atoms with Gasteiger partial charge in [-0.3, -0.25) is 4.79 Å². The topological polar surface area (TPSA) is 73.5 Å². The van der Waals surface area contributed by atoms with Gasteiger partial charge in [0.1, 0.15) is 0 Å². The van der Waals surface area contributed by atoms with E-state index in [9.17, 15) is 9.59 Å². The first-order valence-electron chi connectivity index (χ1n) is 10.8. The second-order valence-electron chi connectivity index (χ2n) is 7.70. The van der Waals surface area contributed by atoms with E-state index in [0.29, 0.717) is 27.1 Å². The minimum absolute atomic E-state index is 0.232. The summed E-state index contributed by atoms with van der Waals surface area (Å²) in [5.41, 5.74) is 3.97. The van der Waals surface area contributed by atoms with Crippen molar-refractivity contribution in [3.63, 3.8) is 0 Å². The van der Waals surface area contributed by atoms with E-state index in [1.807, 2.05) is 54.6 Å². The third kappa shape index (κ3) is 4.23. The molecule has 1 amide bonds. The van der Waals surface area contributed by atoms with Gasteiger partial charge in [-0.05, 0) is 30.3 Å². The Hall–Kier alpha value is -4.54. The van der Waals surface area contributed by atoms with E-state index in [-0.39, 0.29) is 6.54 Å². The molecule has 0 bridgehead atoms. The van der Waals surface area contributed by atoms with Crippen LogP contribution in [-0.4, -0.2) is 28.5 Å². The Labute approximate surface area is 205 Å². The summed E-state index contributed by atoms with van der Waals surface area (Å²) in [6.45, 7) is 0.232. The van der Waals surface area contributed by atoms with Gasteiger partial charge in [0.25, 0.3) is 5.91 Å². The zero-order valence-electron chi connectivity index (χ0n) is 18.8. The molecule has 2 heterocycles. The first-order valence-corrected chi connectivity index (χ1v) is 11.6. The predicted molar refractivity (Wildman–Crippen MR) is 137 cm³/mol. The molecule has 0 unspecified atom stereocenters.